The second-order valence-corrected chi connectivity index (χ2v) is 7.34. The minimum atomic E-state index is -0.418. The van der Waals surface area contributed by atoms with E-state index in [4.69, 9.17) is 4.42 Å². The third-order valence-electron chi connectivity index (χ3n) is 5.51. The van der Waals surface area contributed by atoms with Gasteiger partial charge in [-0.2, -0.15) is 0 Å². The Labute approximate surface area is 167 Å². The van der Waals surface area contributed by atoms with Crippen LogP contribution in [0.5, 0.6) is 0 Å². The standard InChI is InChI=1S/C20H22N4O5/c25-19-12-15(13-23(19)14-18-2-1-11-29-18)20(26)22-9-7-21(8-10-22)16-3-5-17(6-4-16)24(27)28/h1-6,11,15H,7-10,12-14H2/t15-/m0/s1. The van der Waals surface area contributed by atoms with E-state index >= 15 is 0 Å². The quantitative estimate of drug-likeness (QED) is 0.563. The van der Waals surface area contributed by atoms with Crippen LogP contribution < -0.4 is 4.90 Å². The number of carbonyl (C=O) groups is 2. The highest BCUT2D eigenvalue weighted by Crippen LogP contribution is 2.25. The number of non-ortho nitro benzene ring substituents is 1. The lowest BCUT2D eigenvalue weighted by atomic mass is 10.1. The van der Waals surface area contributed by atoms with Crippen molar-refractivity contribution in [3.05, 3.63) is 58.5 Å². The summed E-state index contributed by atoms with van der Waals surface area (Å²) in [7, 11) is 0. The number of amides is 2. The first kappa shape index (κ1) is 19.0. The van der Waals surface area contributed by atoms with E-state index < -0.39 is 4.92 Å². The molecule has 4 rings (SSSR count). The predicted octanol–water partition coefficient (Wildman–Crippen LogP) is 1.89. The van der Waals surface area contributed by atoms with Crippen molar-refractivity contribution < 1.29 is 18.9 Å². The largest absolute Gasteiger partial charge is 0.467 e. The zero-order valence-electron chi connectivity index (χ0n) is 15.9. The van der Waals surface area contributed by atoms with Crippen LogP contribution in [0, 0.1) is 16.0 Å². The molecule has 2 aliphatic heterocycles. The molecule has 0 radical (unpaired) electrons. The first-order valence-electron chi connectivity index (χ1n) is 9.59. The summed E-state index contributed by atoms with van der Waals surface area (Å²) in [5.74, 6) is 0.388. The predicted molar refractivity (Wildman–Crippen MR) is 104 cm³/mol. The lowest BCUT2D eigenvalue weighted by Crippen LogP contribution is -2.50. The maximum Gasteiger partial charge on any atom is 0.269 e. The molecule has 2 aromatic rings. The summed E-state index contributed by atoms with van der Waals surface area (Å²) in [4.78, 5) is 41.1. The maximum absolute atomic E-state index is 12.9. The molecule has 0 saturated carbocycles. The Bertz CT molecular complexity index is 888. The van der Waals surface area contributed by atoms with Crippen LogP contribution in [0.2, 0.25) is 0 Å². The molecule has 0 N–H and O–H groups in total. The van der Waals surface area contributed by atoms with E-state index in [-0.39, 0.29) is 29.8 Å². The fraction of sp³-hybridized carbons (Fsp3) is 0.400. The molecule has 9 nitrogen and oxygen atoms in total. The van der Waals surface area contributed by atoms with E-state index in [9.17, 15) is 19.7 Å². The Kier molecular flexibility index (Phi) is 5.20. The first-order valence-corrected chi connectivity index (χ1v) is 9.59. The van der Waals surface area contributed by atoms with Gasteiger partial charge < -0.3 is 19.1 Å². The number of hydrogen-bond acceptors (Lipinski definition) is 6. The van der Waals surface area contributed by atoms with Crippen molar-refractivity contribution in [1.82, 2.24) is 9.80 Å². The number of piperazine rings is 1. The van der Waals surface area contributed by atoms with Gasteiger partial charge in [-0.15, -0.1) is 0 Å². The molecule has 152 valence electrons. The van der Waals surface area contributed by atoms with Crippen molar-refractivity contribution >= 4 is 23.2 Å². The number of anilines is 1. The molecule has 0 spiro atoms. The van der Waals surface area contributed by atoms with Crippen LogP contribution in [-0.4, -0.2) is 59.3 Å². The van der Waals surface area contributed by atoms with E-state index in [1.807, 2.05) is 11.0 Å². The fourth-order valence-corrected chi connectivity index (χ4v) is 3.91. The summed E-state index contributed by atoms with van der Waals surface area (Å²) in [5.41, 5.74) is 0.968. The van der Waals surface area contributed by atoms with Gasteiger partial charge >= 0.3 is 0 Å². The minimum absolute atomic E-state index is 0.0173. The van der Waals surface area contributed by atoms with Gasteiger partial charge in [-0.3, -0.25) is 19.7 Å². The van der Waals surface area contributed by atoms with Gasteiger partial charge in [0, 0.05) is 57.0 Å². The lowest BCUT2D eigenvalue weighted by Gasteiger charge is -2.37. The van der Waals surface area contributed by atoms with E-state index in [1.165, 1.54) is 12.1 Å². The van der Waals surface area contributed by atoms with Gasteiger partial charge in [0.15, 0.2) is 0 Å². The normalized spacial score (nSPS) is 19.7. The zero-order chi connectivity index (χ0) is 20.4. The van der Waals surface area contributed by atoms with E-state index in [0.29, 0.717) is 45.0 Å². The number of nitro groups is 1. The highest BCUT2D eigenvalue weighted by atomic mass is 16.6. The van der Waals surface area contributed by atoms with Crippen molar-refractivity contribution in [3.8, 4) is 0 Å². The molecule has 29 heavy (non-hydrogen) atoms. The number of benzene rings is 1. The van der Waals surface area contributed by atoms with Gasteiger partial charge in [-0.1, -0.05) is 0 Å². The highest BCUT2D eigenvalue weighted by Gasteiger charge is 2.37. The highest BCUT2D eigenvalue weighted by molar-refractivity contribution is 5.89. The monoisotopic (exact) mass is 398 g/mol. The summed E-state index contributed by atoms with van der Waals surface area (Å²) < 4.78 is 5.30. The molecular weight excluding hydrogens is 376 g/mol. The average molecular weight is 398 g/mol. The Morgan fingerprint density at radius 1 is 1.14 bits per heavy atom. The SMILES string of the molecule is O=C1C[C@H](C(=O)N2CCN(c3ccc([N+](=O)[O-])cc3)CC2)CN1Cc1ccco1. The van der Waals surface area contributed by atoms with Crippen molar-refractivity contribution in [1.29, 1.82) is 0 Å². The van der Waals surface area contributed by atoms with E-state index in [1.54, 1.807) is 29.4 Å². The molecule has 1 atom stereocenters. The van der Waals surface area contributed by atoms with Gasteiger partial charge in [0.05, 0.1) is 23.6 Å². The number of rotatable bonds is 5. The third-order valence-corrected chi connectivity index (χ3v) is 5.51. The van der Waals surface area contributed by atoms with Crippen LogP contribution >= 0.6 is 0 Å². The number of nitrogens with zero attached hydrogens (tertiary/aromatic N) is 4. The molecule has 9 heteroatoms. The average Bonchev–Trinajstić information content (AvgIpc) is 3.38. The molecule has 1 aromatic carbocycles. The van der Waals surface area contributed by atoms with Gasteiger partial charge in [0.25, 0.3) is 5.69 Å². The van der Waals surface area contributed by atoms with Crippen molar-refractivity contribution in [2.24, 2.45) is 5.92 Å². The number of carbonyl (C=O) groups excluding carboxylic acids is 2. The van der Waals surface area contributed by atoms with E-state index in [0.717, 1.165) is 5.69 Å². The van der Waals surface area contributed by atoms with Gasteiger partial charge in [-0.05, 0) is 24.3 Å². The summed E-state index contributed by atoms with van der Waals surface area (Å²) >= 11 is 0. The van der Waals surface area contributed by atoms with Crippen LogP contribution in [0.25, 0.3) is 0 Å². The summed E-state index contributed by atoms with van der Waals surface area (Å²) in [5, 5.41) is 10.8. The van der Waals surface area contributed by atoms with Gasteiger partial charge in [0.2, 0.25) is 11.8 Å². The molecule has 0 aliphatic carbocycles. The van der Waals surface area contributed by atoms with Crippen molar-refractivity contribution in [3.63, 3.8) is 0 Å². The molecule has 2 amide bonds. The van der Waals surface area contributed by atoms with Crippen LogP contribution in [0.4, 0.5) is 11.4 Å². The van der Waals surface area contributed by atoms with E-state index in [2.05, 4.69) is 4.90 Å². The second kappa shape index (κ2) is 7.94. The van der Waals surface area contributed by atoms with Gasteiger partial charge in [0.1, 0.15) is 5.76 Å². The molecule has 1 aromatic heterocycles. The number of furan rings is 1. The molecule has 3 heterocycles. The van der Waals surface area contributed by atoms with Crippen LogP contribution in [0.3, 0.4) is 0 Å². The Morgan fingerprint density at radius 3 is 2.48 bits per heavy atom. The number of hydrogen-bond donors (Lipinski definition) is 0. The lowest BCUT2D eigenvalue weighted by molar-refractivity contribution is -0.384. The summed E-state index contributed by atoms with van der Waals surface area (Å²) in [6.07, 6.45) is 1.81. The molecule has 2 aliphatic rings. The van der Waals surface area contributed by atoms with Crippen molar-refractivity contribution in [2.45, 2.75) is 13.0 Å². The Hall–Kier alpha value is -3.36. The molecule has 2 saturated heterocycles. The fourth-order valence-electron chi connectivity index (χ4n) is 3.91. The molecule has 0 bridgehead atoms. The van der Waals surface area contributed by atoms with Crippen LogP contribution in [-0.2, 0) is 16.1 Å². The topological polar surface area (TPSA) is 100 Å². The zero-order valence-corrected chi connectivity index (χ0v) is 15.9. The van der Waals surface area contributed by atoms with Crippen LogP contribution in [0.1, 0.15) is 12.2 Å². The molecule has 2 fully saturated rings. The minimum Gasteiger partial charge on any atom is -0.467 e. The first-order chi connectivity index (χ1) is 14.0. The Balaban J connectivity index is 1.31. The van der Waals surface area contributed by atoms with Crippen molar-refractivity contribution in [2.75, 3.05) is 37.6 Å². The number of likely N-dealkylation sites (tertiary alicyclic amines) is 1. The second-order valence-electron chi connectivity index (χ2n) is 7.34. The third kappa shape index (κ3) is 4.08. The molecule has 0 unspecified atom stereocenters. The number of nitro benzene ring substituents is 1. The summed E-state index contributed by atoms with van der Waals surface area (Å²) in [6.45, 7) is 3.25. The van der Waals surface area contributed by atoms with Crippen LogP contribution in [0.15, 0.2) is 47.1 Å². The summed E-state index contributed by atoms with van der Waals surface area (Å²) in [6, 6.07) is 10.0. The Morgan fingerprint density at radius 2 is 1.86 bits per heavy atom. The van der Waals surface area contributed by atoms with Gasteiger partial charge in [-0.25, -0.2) is 0 Å². The molecular formula is C20H22N4O5. The smallest absolute Gasteiger partial charge is 0.269 e. The maximum atomic E-state index is 12.9.